The van der Waals surface area contributed by atoms with E-state index in [1.807, 2.05) is 0 Å². The lowest BCUT2D eigenvalue weighted by Gasteiger charge is -2.35. The van der Waals surface area contributed by atoms with E-state index in [0.29, 0.717) is 10.4 Å². The monoisotopic (exact) mass is 501 g/mol. The van der Waals surface area contributed by atoms with Crippen molar-refractivity contribution in [1.82, 2.24) is 0 Å². The number of sulfonamides is 1. The summed E-state index contributed by atoms with van der Waals surface area (Å²) in [6, 6.07) is 5.90. The summed E-state index contributed by atoms with van der Waals surface area (Å²) in [4.78, 5) is 12.7. The maximum absolute atomic E-state index is 14.7. The van der Waals surface area contributed by atoms with E-state index in [2.05, 4.69) is 0 Å². The number of ether oxygens (including phenoxy) is 2. The molecule has 3 atom stereocenters. The Balaban J connectivity index is 1.98. The first-order chi connectivity index (χ1) is 15.6. The highest BCUT2D eigenvalue weighted by Crippen LogP contribution is 2.61. The summed E-state index contributed by atoms with van der Waals surface area (Å²) in [6.07, 6.45) is -5.17. The van der Waals surface area contributed by atoms with Crippen molar-refractivity contribution in [3.63, 3.8) is 0 Å². The van der Waals surface area contributed by atoms with Crippen molar-refractivity contribution in [3.8, 4) is 0 Å². The second-order valence-electron chi connectivity index (χ2n) is 9.40. The SMILES string of the molecule is Cc1ccc(S(=O)(=O)N2c3ccc(F)cc3C3(C(F)(F)F)OCC(C(=O)OC(C)(C)C)C23)cc1. The summed E-state index contributed by atoms with van der Waals surface area (Å²) in [5, 5.41) is 0. The number of alkyl halides is 3. The van der Waals surface area contributed by atoms with E-state index >= 15 is 0 Å². The molecule has 2 aliphatic rings. The van der Waals surface area contributed by atoms with Crippen molar-refractivity contribution in [1.29, 1.82) is 0 Å². The van der Waals surface area contributed by atoms with Gasteiger partial charge in [-0.25, -0.2) is 12.8 Å². The molecule has 0 amide bonds. The van der Waals surface area contributed by atoms with E-state index < -0.39 is 69.0 Å². The summed E-state index contributed by atoms with van der Waals surface area (Å²) in [5.74, 6) is -3.66. The number of anilines is 1. The predicted molar refractivity (Wildman–Crippen MR) is 114 cm³/mol. The standard InChI is InChI=1S/C23H23F4NO5S/c1-13-5-8-15(9-6-13)34(30,31)28-18-10-7-14(24)11-17(18)22(23(25,26)27)19(28)16(12-32-22)20(29)33-21(2,3)4/h5-11,16,19H,12H2,1-4H3. The lowest BCUT2D eigenvalue weighted by atomic mass is 9.84. The number of carbonyl (C=O) groups is 1. The Bertz CT molecular complexity index is 1240. The molecule has 0 radical (unpaired) electrons. The average Bonchev–Trinajstić information content (AvgIpc) is 3.21. The van der Waals surface area contributed by atoms with Gasteiger partial charge in [0.25, 0.3) is 10.0 Å². The largest absolute Gasteiger partial charge is 0.460 e. The highest BCUT2D eigenvalue weighted by molar-refractivity contribution is 7.93. The molecule has 0 saturated carbocycles. The zero-order valence-corrected chi connectivity index (χ0v) is 19.6. The van der Waals surface area contributed by atoms with Crippen LogP contribution in [0.1, 0.15) is 31.9 Å². The summed E-state index contributed by atoms with van der Waals surface area (Å²) in [5.41, 5.74) is -4.66. The van der Waals surface area contributed by atoms with Gasteiger partial charge in [0.15, 0.2) is 0 Å². The van der Waals surface area contributed by atoms with E-state index in [9.17, 15) is 30.8 Å². The van der Waals surface area contributed by atoms with Crippen molar-refractivity contribution in [2.75, 3.05) is 10.9 Å². The van der Waals surface area contributed by atoms with Crippen LogP contribution in [0.2, 0.25) is 0 Å². The number of hydrogen-bond donors (Lipinski definition) is 0. The van der Waals surface area contributed by atoms with E-state index in [4.69, 9.17) is 9.47 Å². The second kappa shape index (κ2) is 7.67. The number of aryl methyl sites for hydroxylation is 1. The number of nitrogens with zero attached hydrogens (tertiary/aromatic N) is 1. The Hall–Kier alpha value is -2.66. The third-order valence-corrected chi connectivity index (χ3v) is 7.66. The predicted octanol–water partition coefficient (Wildman–Crippen LogP) is 4.46. The molecule has 2 aromatic rings. The molecule has 0 spiro atoms. The number of esters is 1. The Labute approximate surface area is 194 Å². The lowest BCUT2D eigenvalue weighted by molar-refractivity contribution is -0.269. The molecule has 184 valence electrons. The topological polar surface area (TPSA) is 72.9 Å². The molecule has 2 heterocycles. The number of hydrogen-bond acceptors (Lipinski definition) is 5. The van der Waals surface area contributed by atoms with E-state index in [1.54, 1.807) is 6.92 Å². The van der Waals surface area contributed by atoms with Gasteiger partial charge in [-0.1, -0.05) is 17.7 Å². The van der Waals surface area contributed by atoms with Crippen LogP contribution in [0, 0.1) is 18.7 Å². The van der Waals surface area contributed by atoms with Crippen LogP contribution >= 0.6 is 0 Å². The van der Waals surface area contributed by atoms with E-state index in [-0.39, 0.29) is 4.90 Å². The van der Waals surface area contributed by atoms with Gasteiger partial charge in [-0.05, 0) is 58.0 Å². The van der Waals surface area contributed by atoms with Crippen molar-refractivity contribution < 1.29 is 40.2 Å². The van der Waals surface area contributed by atoms with Gasteiger partial charge in [0, 0.05) is 5.56 Å². The van der Waals surface area contributed by atoms with Gasteiger partial charge in [0.05, 0.1) is 17.2 Å². The zero-order valence-electron chi connectivity index (χ0n) is 18.8. The smallest absolute Gasteiger partial charge is 0.423 e. The van der Waals surface area contributed by atoms with Crippen LogP contribution < -0.4 is 4.31 Å². The lowest BCUT2D eigenvalue weighted by Crippen LogP contribution is -2.56. The molecular formula is C23H23F4NO5S. The molecule has 34 heavy (non-hydrogen) atoms. The van der Waals surface area contributed by atoms with Crippen LogP contribution in [0.3, 0.4) is 0 Å². The molecule has 0 bridgehead atoms. The van der Waals surface area contributed by atoms with E-state index in [1.165, 1.54) is 45.0 Å². The Kier molecular flexibility index (Phi) is 5.52. The fraction of sp³-hybridized carbons (Fsp3) is 0.435. The molecule has 3 unspecified atom stereocenters. The Morgan fingerprint density at radius 1 is 1.12 bits per heavy atom. The van der Waals surface area contributed by atoms with Crippen molar-refractivity contribution in [3.05, 3.63) is 59.4 Å². The van der Waals surface area contributed by atoms with Crippen LogP contribution in [0.5, 0.6) is 0 Å². The Morgan fingerprint density at radius 3 is 2.29 bits per heavy atom. The van der Waals surface area contributed by atoms with Gasteiger partial charge in [-0.15, -0.1) is 0 Å². The van der Waals surface area contributed by atoms with Crippen molar-refractivity contribution >= 4 is 21.7 Å². The summed E-state index contributed by atoms with van der Waals surface area (Å²) < 4.78 is 96.8. The highest BCUT2D eigenvalue weighted by Gasteiger charge is 2.75. The van der Waals surface area contributed by atoms with Crippen molar-refractivity contribution in [2.45, 2.75) is 56.0 Å². The number of fused-ring (bicyclic) bond motifs is 3. The number of carbonyl (C=O) groups excluding carboxylic acids is 1. The third-order valence-electron chi connectivity index (χ3n) is 5.85. The molecular weight excluding hydrogens is 478 g/mol. The molecule has 11 heteroatoms. The number of rotatable bonds is 3. The first-order valence-electron chi connectivity index (χ1n) is 10.4. The fourth-order valence-electron chi connectivity index (χ4n) is 4.47. The van der Waals surface area contributed by atoms with Crippen LogP contribution in [0.4, 0.5) is 23.2 Å². The third kappa shape index (κ3) is 3.65. The number of benzene rings is 2. The van der Waals surface area contributed by atoms with Crippen LogP contribution in [-0.4, -0.2) is 38.8 Å². The zero-order chi connectivity index (χ0) is 25.3. The molecule has 2 aliphatic heterocycles. The molecule has 1 saturated heterocycles. The molecule has 4 rings (SSSR count). The quantitative estimate of drug-likeness (QED) is 0.459. The maximum Gasteiger partial charge on any atom is 0.423 e. The average molecular weight is 501 g/mol. The summed E-state index contributed by atoms with van der Waals surface area (Å²) >= 11 is 0. The van der Waals surface area contributed by atoms with Gasteiger partial charge in [-0.2, -0.15) is 13.2 Å². The van der Waals surface area contributed by atoms with Crippen LogP contribution in [0.15, 0.2) is 47.4 Å². The molecule has 1 fully saturated rings. The minimum atomic E-state index is -5.17. The summed E-state index contributed by atoms with van der Waals surface area (Å²) in [7, 11) is -4.62. The molecule has 0 N–H and O–H groups in total. The molecule has 0 aromatic heterocycles. The highest BCUT2D eigenvalue weighted by atomic mass is 32.2. The first-order valence-corrected chi connectivity index (χ1v) is 11.9. The second-order valence-corrected chi connectivity index (χ2v) is 11.2. The fourth-order valence-corrected chi connectivity index (χ4v) is 6.19. The van der Waals surface area contributed by atoms with Gasteiger partial charge < -0.3 is 9.47 Å². The van der Waals surface area contributed by atoms with Gasteiger partial charge in [0.1, 0.15) is 23.4 Å². The van der Waals surface area contributed by atoms with Gasteiger partial charge in [0.2, 0.25) is 5.60 Å². The molecule has 6 nitrogen and oxygen atoms in total. The summed E-state index contributed by atoms with van der Waals surface area (Å²) in [6.45, 7) is 5.59. The van der Waals surface area contributed by atoms with E-state index in [0.717, 1.165) is 17.7 Å². The maximum atomic E-state index is 14.7. The molecule has 0 aliphatic carbocycles. The molecule has 2 aromatic carbocycles. The minimum Gasteiger partial charge on any atom is -0.460 e. The first kappa shape index (κ1) is 24.5. The Morgan fingerprint density at radius 2 is 1.74 bits per heavy atom. The minimum absolute atomic E-state index is 0.277. The van der Waals surface area contributed by atoms with Gasteiger partial charge >= 0.3 is 12.1 Å². The van der Waals surface area contributed by atoms with Gasteiger partial charge in [-0.3, -0.25) is 9.10 Å². The van der Waals surface area contributed by atoms with Crippen molar-refractivity contribution in [2.24, 2.45) is 5.92 Å². The van der Waals surface area contributed by atoms with Crippen LogP contribution in [-0.2, 0) is 29.9 Å². The normalized spacial score (nSPS) is 24.6. The van der Waals surface area contributed by atoms with Crippen LogP contribution in [0.25, 0.3) is 0 Å². The number of halogens is 4.